The van der Waals surface area contributed by atoms with Crippen molar-refractivity contribution in [3.8, 4) is 6.07 Å². The molecule has 1 aliphatic heterocycles. The molecule has 7 heteroatoms. The molecule has 1 saturated heterocycles. The maximum atomic E-state index is 13.1. The first-order chi connectivity index (χ1) is 13.5. The molecule has 0 radical (unpaired) electrons. The Morgan fingerprint density at radius 2 is 1.86 bits per heavy atom. The summed E-state index contributed by atoms with van der Waals surface area (Å²) in [5, 5.41) is 12.3. The average molecular weight is 379 g/mol. The van der Waals surface area contributed by atoms with Gasteiger partial charge in [0.15, 0.2) is 0 Å². The molecule has 0 saturated carbocycles. The van der Waals surface area contributed by atoms with E-state index in [2.05, 4.69) is 10.2 Å². The number of nitrogens with two attached hydrogens (primary N) is 1. The standard InChI is InChI=1S/C21H22FN5O/c1-15-2-7-20(19(24)12-15)25-14-16(13-23)21(28)27-10-8-26(9-11-27)18-5-3-17(22)4-6-18/h2-7,12,14,25H,8-11,24H2,1H3/b16-14-. The monoisotopic (exact) mass is 379 g/mol. The molecule has 0 aromatic heterocycles. The minimum atomic E-state index is -0.320. The van der Waals surface area contributed by atoms with Gasteiger partial charge in [0.05, 0.1) is 11.4 Å². The maximum absolute atomic E-state index is 13.1. The fourth-order valence-electron chi connectivity index (χ4n) is 3.10. The Morgan fingerprint density at radius 1 is 1.18 bits per heavy atom. The number of nitrogen functional groups attached to an aromatic ring is 1. The number of amides is 1. The van der Waals surface area contributed by atoms with Gasteiger partial charge in [-0.25, -0.2) is 4.39 Å². The predicted octanol–water partition coefficient (Wildman–Crippen LogP) is 2.88. The molecule has 2 aromatic rings. The van der Waals surface area contributed by atoms with Crippen molar-refractivity contribution in [1.82, 2.24) is 4.90 Å². The highest BCUT2D eigenvalue weighted by Gasteiger charge is 2.24. The fourth-order valence-corrected chi connectivity index (χ4v) is 3.10. The van der Waals surface area contributed by atoms with E-state index in [1.807, 2.05) is 31.2 Å². The van der Waals surface area contributed by atoms with Crippen LogP contribution in [0.4, 0.5) is 21.5 Å². The lowest BCUT2D eigenvalue weighted by Gasteiger charge is -2.36. The van der Waals surface area contributed by atoms with Crippen molar-refractivity contribution in [2.75, 3.05) is 42.1 Å². The molecule has 2 aromatic carbocycles. The number of hydrogen-bond acceptors (Lipinski definition) is 5. The van der Waals surface area contributed by atoms with Crippen LogP contribution >= 0.6 is 0 Å². The van der Waals surface area contributed by atoms with Crippen LogP contribution in [0.1, 0.15) is 5.56 Å². The van der Waals surface area contributed by atoms with Crippen molar-refractivity contribution in [2.24, 2.45) is 0 Å². The van der Waals surface area contributed by atoms with Crippen molar-refractivity contribution in [2.45, 2.75) is 6.92 Å². The van der Waals surface area contributed by atoms with Gasteiger partial charge in [-0.3, -0.25) is 4.79 Å². The summed E-state index contributed by atoms with van der Waals surface area (Å²) in [6.45, 7) is 4.15. The number of nitrogens with zero attached hydrogens (tertiary/aromatic N) is 3. The van der Waals surface area contributed by atoms with Gasteiger partial charge < -0.3 is 20.9 Å². The highest BCUT2D eigenvalue weighted by molar-refractivity contribution is 5.97. The molecule has 3 rings (SSSR count). The molecular weight excluding hydrogens is 357 g/mol. The zero-order valence-corrected chi connectivity index (χ0v) is 15.7. The Hall–Kier alpha value is -3.53. The second-order valence-corrected chi connectivity index (χ2v) is 6.66. The van der Waals surface area contributed by atoms with E-state index in [4.69, 9.17) is 5.73 Å². The van der Waals surface area contributed by atoms with Crippen molar-refractivity contribution >= 4 is 23.0 Å². The van der Waals surface area contributed by atoms with Crippen LogP contribution in [0.15, 0.2) is 54.2 Å². The molecule has 0 bridgehead atoms. The molecular formula is C21H22FN5O. The van der Waals surface area contributed by atoms with Gasteiger partial charge in [0.1, 0.15) is 17.5 Å². The smallest absolute Gasteiger partial charge is 0.266 e. The summed E-state index contributed by atoms with van der Waals surface area (Å²) in [5.41, 5.74) is 9.12. The summed E-state index contributed by atoms with van der Waals surface area (Å²) < 4.78 is 13.1. The first-order valence-electron chi connectivity index (χ1n) is 9.00. The van der Waals surface area contributed by atoms with Crippen LogP contribution in [0.3, 0.4) is 0 Å². The molecule has 0 atom stereocenters. The van der Waals surface area contributed by atoms with Crippen molar-refractivity contribution in [3.63, 3.8) is 0 Å². The fraction of sp³-hybridized carbons (Fsp3) is 0.238. The van der Waals surface area contributed by atoms with E-state index in [1.54, 1.807) is 17.0 Å². The predicted molar refractivity (Wildman–Crippen MR) is 108 cm³/mol. The van der Waals surface area contributed by atoms with Crippen LogP contribution in [-0.4, -0.2) is 37.0 Å². The Morgan fingerprint density at radius 3 is 2.46 bits per heavy atom. The van der Waals surface area contributed by atoms with E-state index < -0.39 is 0 Å². The Balaban J connectivity index is 1.62. The van der Waals surface area contributed by atoms with Crippen LogP contribution in [0.25, 0.3) is 0 Å². The summed E-state index contributed by atoms with van der Waals surface area (Å²) in [7, 11) is 0. The van der Waals surface area contributed by atoms with Gasteiger partial charge in [-0.05, 0) is 48.9 Å². The third-order valence-corrected chi connectivity index (χ3v) is 4.69. The lowest BCUT2D eigenvalue weighted by Crippen LogP contribution is -2.49. The second kappa shape index (κ2) is 8.44. The first-order valence-corrected chi connectivity index (χ1v) is 9.00. The minimum Gasteiger partial charge on any atom is -0.397 e. The Kier molecular flexibility index (Phi) is 5.80. The van der Waals surface area contributed by atoms with Gasteiger partial charge in [0.25, 0.3) is 5.91 Å². The summed E-state index contributed by atoms with van der Waals surface area (Å²) in [4.78, 5) is 16.4. The summed E-state index contributed by atoms with van der Waals surface area (Å²) in [6.07, 6.45) is 1.40. The molecule has 3 N–H and O–H groups in total. The molecule has 0 aliphatic carbocycles. The molecule has 1 fully saturated rings. The average Bonchev–Trinajstić information content (AvgIpc) is 2.70. The lowest BCUT2D eigenvalue weighted by atomic mass is 10.2. The topological polar surface area (TPSA) is 85.4 Å². The van der Waals surface area contributed by atoms with Crippen LogP contribution in [-0.2, 0) is 4.79 Å². The largest absolute Gasteiger partial charge is 0.397 e. The van der Waals surface area contributed by atoms with E-state index >= 15 is 0 Å². The van der Waals surface area contributed by atoms with Gasteiger partial charge in [0.2, 0.25) is 0 Å². The number of nitriles is 1. The third-order valence-electron chi connectivity index (χ3n) is 4.69. The zero-order chi connectivity index (χ0) is 20.1. The van der Waals surface area contributed by atoms with E-state index in [0.717, 1.165) is 11.3 Å². The summed E-state index contributed by atoms with van der Waals surface area (Å²) in [6, 6.07) is 13.8. The van der Waals surface area contributed by atoms with Crippen molar-refractivity contribution in [1.29, 1.82) is 5.26 Å². The number of halogens is 1. The van der Waals surface area contributed by atoms with E-state index in [1.165, 1.54) is 18.3 Å². The highest BCUT2D eigenvalue weighted by atomic mass is 19.1. The molecule has 1 heterocycles. The van der Waals surface area contributed by atoms with Gasteiger partial charge >= 0.3 is 0 Å². The van der Waals surface area contributed by atoms with Gasteiger partial charge in [-0.2, -0.15) is 5.26 Å². The molecule has 0 spiro atoms. The zero-order valence-electron chi connectivity index (χ0n) is 15.7. The lowest BCUT2D eigenvalue weighted by molar-refractivity contribution is -0.127. The molecule has 28 heavy (non-hydrogen) atoms. The Bertz CT molecular complexity index is 925. The number of anilines is 3. The number of hydrogen-bond donors (Lipinski definition) is 2. The third kappa shape index (κ3) is 4.41. The van der Waals surface area contributed by atoms with Crippen LogP contribution in [0.5, 0.6) is 0 Å². The van der Waals surface area contributed by atoms with E-state index in [-0.39, 0.29) is 17.3 Å². The first kappa shape index (κ1) is 19.2. The van der Waals surface area contributed by atoms with Crippen molar-refractivity contribution < 1.29 is 9.18 Å². The number of carbonyl (C=O) groups excluding carboxylic acids is 1. The van der Waals surface area contributed by atoms with Crippen LogP contribution in [0.2, 0.25) is 0 Å². The van der Waals surface area contributed by atoms with E-state index in [0.29, 0.717) is 37.6 Å². The highest BCUT2D eigenvalue weighted by Crippen LogP contribution is 2.20. The van der Waals surface area contributed by atoms with Crippen LogP contribution in [0, 0.1) is 24.1 Å². The number of aryl methyl sites for hydroxylation is 1. The van der Waals surface area contributed by atoms with Gasteiger partial charge in [-0.1, -0.05) is 6.07 Å². The quantitative estimate of drug-likeness (QED) is 0.485. The maximum Gasteiger partial charge on any atom is 0.266 e. The molecule has 1 amide bonds. The van der Waals surface area contributed by atoms with Gasteiger partial charge in [0, 0.05) is 38.1 Å². The second-order valence-electron chi connectivity index (χ2n) is 6.66. The summed E-state index contributed by atoms with van der Waals surface area (Å²) in [5.74, 6) is -0.595. The van der Waals surface area contributed by atoms with Crippen LogP contribution < -0.4 is 16.0 Å². The van der Waals surface area contributed by atoms with Gasteiger partial charge in [-0.15, -0.1) is 0 Å². The minimum absolute atomic E-state index is 0.0233. The SMILES string of the molecule is Cc1ccc(N/C=C(/C#N)C(=O)N2CCN(c3ccc(F)cc3)CC2)c(N)c1. The number of piperazine rings is 1. The molecule has 144 valence electrons. The molecule has 0 unspecified atom stereocenters. The number of benzene rings is 2. The number of carbonyl (C=O) groups is 1. The van der Waals surface area contributed by atoms with Crippen molar-refractivity contribution in [3.05, 3.63) is 65.6 Å². The molecule has 6 nitrogen and oxygen atoms in total. The number of nitrogens with one attached hydrogen (secondary N) is 1. The normalized spacial score (nSPS) is 14.5. The molecule has 1 aliphatic rings. The summed E-state index contributed by atoms with van der Waals surface area (Å²) >= 11 is 0. The van der Waals surface area contributed by atoms with E-state index in [9.17, 15) is 14.4 Å². The Labute approximate surface area is 163 Å². The number of rotatable bonds is 4.